The summed E-state index contributed by atoms with van der Waals surface area (Å²) >= 11 is 0. The van der Waals surface area contributed by atoms with Crippen LogP contribution in [0.4, 0.5) is 0 Å². The van der Waals surface area contributed by atoms with E-state index in [4.69, 9.17) is 0 Å². The summed E-state index contributed by atoms with van der Waals surface area (Å²) in [5.41, 5.74) is 13.6. The smallest absolute Gasteiger partial charge is 0.255 e. The minimum atomic E-state index is 0. The Kier molecular flexibility index (Phi) is 6.49. The third kappa shape index (κ3) is 3.43. The van der Waals surface area contributed by atoms with E-state index >= 15 is 0 Å². The predicted molar refractivity (Wildman–Crippen MR) is 147 cm³/mol. The van der Waals surface area contributed by atoms with Gasteiger partial charge in [-0.1, -0.05) is 88.4 Å². The lowest BCUT2D eigenvalue weighted by Gasteiger charge is -2.12. The molecule has 0 atom stereocenters. The molecule has 0 spiro atoms. The van der Waals surface area contributed by atoms with Crippen molar-refractivity contribution in [1.29, 1.82) is 0 Å². The Morgan fingerprint density at radius 2 is 1.11 bits per heavy atom. The standard InChI is InChI=1S/C33H33N2.ClH/c1-5-22-13-9-14-23(6-2)30(22)34-21-35(31-24(7-3)15-10-16-25(31)8-4)33-28-20-12-18-26-17-11-19-27(29(26)28)32(33)34;/h9-21H,5-8H2,1-4H3;1H/q+1;/p-1. The maximum Gasteiger partial charge on any atom is 0.255 e. The minimum absolute atomic E-state index is 0. The van der Waals surface area contributed by atoms with Gasteiger partial charge in [-0.2, -0.15) is 9.13 Å². The summed E-state index contributed by atoms with van der Waals surface area (Å²) in [5, 5.41) is 2.69. The second kappa shape index (κ2) is 9.59. The molecule has 0 saturated heterocycles. The number of aromatic nitrogens is 2. The van der Waals surface area contributed by atoms with Gasteiger partial charge in [-0.15, -0.1) is 0 Å². The van der Waals surface area contributed by atoms with E-state index in [1.54, 1.807) is 0 Å². The third-order valence-electron chi connectivity index (χ3n) is 7.76. The van der Waals surface area contributed by atoms with Crippen LogP contribution >= 0.6 is 0 Å². The molecule has 0 aliphatic heterocycles. The first kappa shape index (κ1) is 24.3. The maximum atomic E-state index is 2.51. The van der Waals surface area contributed by atoms with E-state index < -0.39 is 0 Å². The first-order valence-corrected chi connectivity index (χ1v) is 13.1. The van der Waals surface area contributed by atoms with Gasteiger partial charge in [0.1, 0.15) is 11.4 Å². The van der Waals surface area contributed by atoms with Crippen LogP contribution in [0.15, 0.2) is 79.1 Å². The summed E-state index contributed by atoms with van der Waals surface area (Å²) in [6.07, 6.45) is 6.43. The van der Waals surface area contributed by atoms with Crippen LogP contribution < -0.4 is 17.0 Å². The van der Waals surface area contributed by atoms with Crippen LogP contribution in [0.3, 0.4) is 0 Å². The lowest BCUT2D eigenvalue weighted by Crippen LogP contribution is -3.00. The van der Waals surface area contributed by atoms with Crippen molar-refractivity contribution in [3.05, 3.63) is 101 Å². The highest BCUT2D eigenvalue weighted by Gasteiger charge is 2.37. The molecule has 1 aromatic heterocycles. The van der Waals surface area contributed by atoms with Gasteiger partial charge in [0.15, 0.2) is 11.4 Å². The van der Waals surface area contributed by atoms with Gasteiger partial charge in [0, 0.05) is 16.5 Å². The number of hydrogen-bond donors (Lipinski definition) is 0. The molecule has 0 fully saturated rings. The molecule has 0 N–H and O–H groups in total. The van der Waals surface area contributed by atoms with E-state index in [0.29, 0.717) is 0 Å². The number of nitrogens with zero attached hydrogens (tertiary/aromatic N) is 2. The molecule has 5 aromatic rings. The fourth-order valence-electron chi connectivity index (χ4n) is 6.10. The van der Waals surface area contributed by atoms with Crippen molar-refractivity contribution in [2.24, 2.45) is 0 Å². The quantitative estimate of drug-likeness (QED) is 0.295. The number of hydrogen-bond acceptors (Lipinski definition) is 0. The highest BCUT2D eigenvalue weighted by molar-refractivity contribution is 6.13. The molecule has 4 aromatic carbocycles. The van der Waals surface area contributed by atoms with Crippen molar-refractivity contribution < 1.29 is 17.0 Å². The number of imidazole rings is 1. The molecule has 182 valence electrons. The molecular formula is C33H33ClN2. The normalized spacial score (nSPS) is 11.6. The highest BCUT2D eigenvalue weighted by atomic mass is 35.5. The average molecular weight is 493 g/mol. The van der Waals surface area contributed by atoms with Crippen LogP contribution in [0.25, 0.3) is 44.7 Å². The molecule has 0 radical (unpaired) electrons. The second-order valence-corrected chi connectivity index (χ2v) is 9.53. The molecule has 1 aliphatic carbocycles. The number of para-hydroxylation sites is 2. The van der Waals surface area contributed by atoms with Gasteiger partial charge in [-0.25, -0.2) is 0 Å². The van der Waals surface area contributed by atoms with Gasteiger partial charge >= 0.3 is 0 Å². The molecule has 2 nitrogen and oxygen atoms in total. The van der Waals surface area contributed by atoms with E-state index in [1.165, 1.54) is 66.9 Å². The molecule has 1 aliphatic rings. The molecule has 3 heteroatoms. The summed E-state index contributed by atoms with van der Waals surface area (Å²) in [5.74, 6) is 0. The van der Waals surface area contributed by atoms with E-state index in [1.807, 2.05) is 0 Å². The summed E-state index contributed by atoms with van der Waals surface area (Å²) in [6, 6.07) is 27.2. The molecular weight excluding hydrogens is 460 g/mol. The van der Waals surface area contributed by atoms with Crippen molar-refractivity contribution in [2.45, 2.75) is 53.4 Å². The summed E-state index contributed by atoms with van der Waals surface area (Å²) < 4.78 is 5.02. The molecule has 0 bridgehead atoms. The summed E-state index contributed by atoms with van der Waals surface area (Å²) in [7, 11) is 0. The van der Waals surface area contributed by atoms with Crippen molar-refractivity contribution in [3.8, 4) is 33.9 Å². The van der Waals surface area contributed by atoms with Crippen LogP contribution in [0, 0.1) is 0 Å². The minimum Gasteiger partial charge on any atom is -1.00 e. The van der Waals surface area contributed by atoms with Crippen LogP contribution in [0.2, 0.25) is 0 Å². The largest absolute Gasteiger partial charge is 1.00 e. The van der Waals surface area contributed by atoms with Crippen molar-refractivity contribution in [2.75, 3.05) is 0 Å². The Morgan fingerprint density at radius 1 is 0.611 bits per heavy atom. The van der Waals surface area contributed by atoms with E-state index in [-0.39, 0.29) is 12.4 Å². The number of halogens is 1. The number of fused-ring (bicyclic) bond motifs is 3. The van der Waals surface area contributed by atoms with Gasteiger partial charge in [0.25, 0.3) is 6.33 Å². The fraction of sp³-hybridized carbons (Fsp3) is 0.242. The van der Waals surface area contributed by atoms with Crippen LogP contribution in [0.5, 0.6) is 0 Å². The topological polar surface area (TPSA) is 8.81 Å². The summed E-state index contributed by atoms with van der Waals surface area (Å²) in [4.78, 5) is 0. The van der Waals surface area contributed by atoms with Crippen LogP contribution in [-0.2, 0) is 25.7 Å². The van der Waals surface area contributed by atoms with Crippen molar-refractivity contribution in [1.82, 2.24) is 4.57 Å². The Labute approximate surface area is 220 Å². The molecule has 0 unspecified atom stereocenters. The number of aryl methyl sites for hydroxylation is 4. The Morgan fingerprint density at radius 3 is 1.67 bits per heavy atom. The molecule has 36 heavy (non-hydrogen) atoms. The highest BCUT2D eigenvalue weighted by Crippen LogP contribution is 2.47. The Bertz CT molecular complexity index is 1430. The van der Waals surface area contributed by atoms with Crippen LogP contribution in [0.1, 0.15) is 49.9 Å². The lowest BCUT2D eigenvalue weighted by atomic mass is 10.0. The zero-order chi connectivity index (χ0) is 24.1. The van der Waals surface area contributed by atoms with Crippen molar-refractivity contribution >= 4 is 10.8 Å². The number of benzene rings is 4. The van der Waals surface area contributed by atoms with E-state index in [2.05, 4.69) is 116 Å². The first-order valence-electron chi connectivity index (χ1n) is 13.1. The Hall–Kier alpha value is -3.36. The third-order valence-corrected chi connectivity index (χ3v) is 7.76. The van der Waals surface area contributed by atoms with Gasteiger partial charge in [-0.05, 0) is 65.5 Å². The molecule has 6 rings (SSSR count). The molecule has 0 saturated carbocycles. The second-order valence-electron chi connectivity index (χ2n) is 9.53. The van der Waals surface area contributed by atoms with Gasteiger partial charge < -0.3 is 12.4 Å². The van der Waals surface area contributed by atoms with E-state index in [0.717, 1.165) is 25.7 Å². The SMILES string of the molecule is CCc1cccc(CC)c1-n1c[n+](-c2c(CC)cccc2CC)c2c1-c1cccc3cccc-2c13.[Cl-]. The first-order chi connectivity index (χ1) is 17.2. The average Bonchev–Trinajstić information content (AvgIpc) is 3.45. The van der Waals surface area contributed by atoms with E-state index in [9.17, 15) is 0 Å². The zero-order valence-electron chi connectivity index (χ0n) is 21.6. The predicted octanol–water partition coefficient (Wildman–Crippen LogP) is 4.81. The van der Waals surface area contributed by atoms with Gasteiger partial charge in [0.05, 0.1) is 0 Å². The van der Waals surface area contributed by atoms with Gasteiger partial charge in [0.2, 0.25) is 0 Å². The summed E-state index contributed by atoms with van der Waals surface area (Å²) in [6.45, 7) is 9.08. The van der Waals surface area contributed by atoms with Gasteiger partial charge in [-0.3, -0.25) is 0 Å². The van der Waals surface area contributed by atoms with Crippen LogP contribution in [-0.4, -0.2) is 4.57 Å². The Balaban J connectivity index is 0.00000267. The lowest BCUT2D eigenvalue weighted by molar-refractivity contribution is -0.584. The molecule has 0 amide bonds. The molecule has 1 heterocycles. The number of rotatable bonds is 6. The maximum absolute atomic E-state index is 2.51. The zero-order valence-corrected chi connectivity index (χ0v) is 22.4. The fourth-order valence-corrected chi connectivity index (χ4v) is 6.10. The monoisotopic (exact) mass is 492 g/mol. The van der Waals surface area contributed by atoms with Crippen molar-refractivity contribution in [3.63, 3.8) is 0 Å².